The van der Waals surface area contributed by atoms with Gasteiger partial charge in [0.2, 0.25) is 5.71 Å². The molecule has 0 aliphatic rings. The Morgan fingerprint density at radius 2 is 1.44 bits per heavy atom. The van der Waals surface area contributed by atoms with Crippen molar-refractivity contribution < 1.29 is 11.3 Å². The molecule has 0 saturated heterocycles. The van der Waals surface area contributed by atoms with Crippen LogP contribution in [0.5, 0.6) is 0 Å². The molecule has 0 fully saturated rings. The molecule has 0 aliphatic heterocycles. The van der Waals surface area contributed by atoms with E-state index in [9.17, 15) is 0 Å². The van der Waals surface area contributed by atoms with Crippen molar-refractivity contribution in [3.05, 3.63) is 149 Å². The second kappa shape index (κ2) is 12.0. The van der Waals surface area contributed by atoms with Crippen LogP contribution in [0, 0.1) is 6.85 Å². The topological polar surface area (TPSA) is 43.9 Å². The lowest BCUT2D eigenvalue weighted by molar-refractivity contribution is 0.652. The number of benzene rings is 5. The standard InChI is InChI=1S/C44H39N3O/c1-27(2)37-25-32(31-20-18-29(5)19-21-31)26-38(28(3)4)41(37)47-40-17-10-9-16-39(40)46-43(47)36-15-11-14-34-35-23-22-33(45-44(35)48-42(34)36)24-30-12-7-6-8-13-30/h6-23,25-28H,24H2,1-5H3/i5D3,24D2. The molecule has 0 N–H and O–H groups in total. The van der Waals surface area contributed by atoms with Gasteiger partial charge < -0.3 is 4.42 Å². The van der Waals surface area contributed by atoms with E-state index in [1.807, 2.05) is 72.8 Å². The molecule has 0 spiro atoms. The number of hydrogen-bond donors (Lipinski definition) is 0. The van der Waals surface area contributed by atoms with Gasteiger partial charge in [-0.3, -0.25) is 4.57 Å². The highest BCUT2D eigenvalue weighted by Crippen LogP contribution is 2.42. The summed E-state index contributed by atoms with van der Waals surface area (Å²) < 4.78 is 50.2. The van der Waals surface area contributed by atoms with Crippen LogP contribution in [0.2, 0.25) is 0 Å². The molecule has 48 heavy (non-hydrogen) atoms. The highest BCUT2D eigenvalue weighted by Gasteiger charge is 2.25. The fourth-order valence-electron chi connectivity index (χ4n) is 6.67. The third-order valence-corrected chi connectivity index (χ3v) is 9.07. The zero-order chi connectivity index (χ0) is 37.2. The number of pyridine rings is 1. The molecule has 8 rings (SSSR count). The molecule has 0 unspecified atom stereocenters. The van der Waals surface area contributed by atoms with Crippen LogP contribution in [-0.2, 0) is 6.37 Å². The number of imidazole rings is 1. The van der Waals surface area contributed by atoms with Gasteiger partial charge in [0.15, 0.2) is 0 Å². The smallest absolute Gasteiger partial charge is 0.227 e. The van der Waals surface area contributed by atoms with E-state index in [4.69, 9.17) is 21.2 Å². The normalized spacial score (nSPS) is 14.0. The molecule has 3 aromatic heterocycles. The minimum absolute atomic E-state index is 0.141. The van der Waals surface area contributed by atoms with Crippen LogP contribution in [0.4, 0.5) is 0 Å². The molecule has 5 aromatic carbocycles. The van der Waals surface area contributed by atoms with Gasteiger partial charge in [-0.05, 0) is 89.0 Å². The van der Waals surface area contributed by atoms with Crippen molar-refractivity contribution in [2.24, 2.45) is 0 Å². The molecule has 0 bridgehead atoms. The predicted molar refractivity (Wildman–Crippen MR) is 199 cm³/mol. The van der Waals surface area contributed by atoms with Crippen molar-refractivity contribution in [2.75, 3.05) is 0 Å². The Bertz CT molecular complexity index is 2610. The van der Waals surface area contributed by atoms with Crippen LogP contribution in [0.3, 0.4) is 0 Å². The van der Waals surface area contributed by atoms with Crippen molar-refractivity contribution in [3.8, 4) is 28.2 Å². The monoisotopic (exact) mass is 630 g/mol. The Balaban J connectivity index is 1.35. The summed E-state index contributed by atoms with van der Waals surface area (Å²) in [5.74, 6) is 1.01. The van der Waals surface area contributed by atoms with Gasteiger partial charge in [0, 0.05) is 29.7 Å². The number of furan rings is 1. The fourth-order valence-corrected chi connectivity index (χ4v) is 6.67. The Morgan fingerprint density at radius 1 is 0.708 bits per heavy atom. The van der Waals surface area contributed by atoms with E-state index in [1.165, 1.54) is 0 Å². The molecule has 0 atom stereocenters. The highest BCUT2D eigenvalue weighted by atomic mass is 16.3. The molecule has 8 aromatic rings. The number of fused-ring (bicyclic) bond motifs is 4. The van der Waals surface area contributed by atoms with Crippen LogP contribution >= 0.6 is 0 Å². The average Bonchev–Trinajstić information content (AvgIpc) is 3.72. The maximum absolute atomic E-state index is 8.92. The summed E-state index contributed by atoms with van der Waals surface area (Å²) in [6.45, 7) is 6.62. The van der Waals surface area contributed by atoms with Crippen LogP contribution in [0.15, 0.2) is 126 Å². The first-order valence-corrected chi connectivity index (χ1v) is 16.5. The summed E-state index contributed by atoms with van der Waals surface area (Å²) >= 11 is 0. The largest absolute Gasteiger partial charge is 0.437 e. The van der Waals surface area contributed by atoms with Crippen molar-refractivity contribution >= 4 is 33.1 Å². The molecule has 4 heteroatoms. The maximum Gasteiger partial charge on any atom is 0.227 e. The number of aromatic nitrogens is 3. The second-order valence-corrected chi connectivity index (χ2v) is 13.0. The van der Waals surface area contributed by atoms with Gasteiger partial charge in [-0.2, -0.15) is 0 Å². The van der Waals surface area contributed by atoms with Crippen molar-refractivity contribution in [1.29, 1.82) is 0 Å². The van der Waals surface area contributed by atoms with E-state index in [2.05, 4.69) is 50.5 Å². The van der Waals surface area contributed by atoms with Crippen molar-refractivity contribution in [2.45, 2.75) is 52.8 Å². The van der Waals surface area contributed by atoms with Crippen molar-refractivity contribution in [1.82, 2.24) is 14.5 Å². The van der Waals surface area contributed by atoms with Crippen molar-refractivity contribution in [3.63, 3.8) is 0 Å². The molecule has 0 aliphatic carbocycles. The summed E-state index contributed by atoms with van der Waals surface area (Å²) in [5.41, 5.74) is 10.1. The maximum atomic E-state index is 8.92. The minimum atomic E-state index is -2.16. The van der Waals surface area contributed by atoms with Crippen LogP contribution < -0.4 is 0 Å². The van der Waals surface area contributed by atoms with Crippen LogP contribution in [0.25, 0.3) is 61.3 Å². The highest BCUT2D eigenvalue weighted by molar-refractivity contribution is 6.08. The first-order chi connectivity index (χ1) is 25.3. The molecular weight excluding hydrogens is 587 g/mol. The number of rotatable bonds is 7. The van der Waals surface area contributed by atoms with Gasteiger partial charge in [-0.15, -0.1) is 0 Å². The summed E-state index contributed by atoms with van der Waals surface area (Å²) in [7, 11) is 0. The minimum Gasteiger partial charge on any atom is -0.437 e. The van der Waals surface area contributed by atoms with Gasteiger partial charge in [-0.25, -0.2) is 9.97 Å². The summed E-state index contributed by atoms with van der Waals surface area (Å²) in [6, 6.07) is 38.5. The zero-order valence-corrected chi connectivity index (χ0v) is 27.5. The molecule has 4 nitrogen and oxygen atoms in total. The van der Waals surface area contributed by atoms with E-state index in [0.717, 1.165) is 61.1 Å². The van der Waals surface area contributed by atoms with E-state index in [-0.39, 0.29) is 17.5 Å². The lowest BCUT2D eigenvalue weighted by Crippen LogP contribution is -2.09. The van der Waals surface area contributed by atoms with Crippen LogP contribution in [0.1, 0.15) is 74.3 Å². The molecule has 0 saturated carbocycles. The molecule has 0 radical (unpaired) electrons. The van der Waals surface area contributed by atoms with Gasteiger partial charge >= 0.3 is 0 Å². The van der Waals surface area contributed by atoms with Gasteiger partial charge in [0.25, 0.3) is 0 Å². The molecular formula is C44H39N3O. The Hall–Kier alpha value is -5.48. The number of para-hydroxylation sites is 3. The zero-order valence-electron chi connectivity index (χ0n) is 32.5. The Morgan fingerprint density at radius 3 is 2.17 bits per heavy atom. The van der Waals surface area contributed by atoms with Gasteiger partial charge in [0.05, 0.1) is 22.3 Å². The fraction of sp³-hybridized carbons (Fsp3) is 0.182. The number of nitrogens with zero attached hydrogens (tertiary/aromatic N) is 3. The van der Waals surface area contributed by atoms with Gasteiger partial charge in [-0.1, -0.05) is 112 Å². The average molecular weight is 631 g/mol. The Kier molecular flexibility index (Phi) is 6.14. The number of hydrogen-bond acceptors (Lipinski definition) is 3. The summed E-state index contributed by atoms with van der Waals surface area (Å²) in [4.78, 5) is 10.0. The molecule has 236 valence electrons. The third-order valence-electron chi connectivity index (χ3n) is 9.07. The summed E-state index contributed by atoms with van der Waals surface area (Å²) in [6.07, 6.45) is -1.81. The predicted octanol–water partition coefficient (Wildman–Crippen LogP) is 11.8. The van der Waals surface area contributed by atoms with E-state index >= 15 is 0 Å². The SMILES string of the molecule is [2H]C([2H])([2H])c1ccc(-c2cc(C(C)C)c(-n3c(-c4cccc5c4oc4nc(C([2H])([2H])c6ccccc6)ccc45)nc4ccccc43)c(C(C)C)c2)cc1. The van der Waals surface area contributed by atoms with E-state index < -0.39 is 13.2 Å². The second-order valence-electron chi connectivity index (χ2n) is 13.0. The number of aryl methyl sites for hydroxylation is 1. The summed E-state index contributed by atoms with van der Waals surface area (Å²) in [5, 5.41) is 1.68. The third kappa shape index (κ3) is 5.18. The van der Waals surface area contributed by atoms with E-state index in [1.54, 1.807) is 30.3 Å². The quantitative estimate of drug-likeness (QED) is 0.176. The van der Waals surface area contributed by atoms with E-state index in [0.29, 0.717) is 22.4 Å². The molecule has 0 amide bonds. The first-order valence-electron chi connectivity index (χ1n) is 19.0. The van der Waals surface area contributed by atoms with Crippen LogP contribution in [-0.4, -0.2) is 14.5 Å². The van der Waals surface area contributed by atoms with Gasteiger partial charge in [0.1, 0.15) is 11.4 Å². The lowest BCUT2D eigenvalue weighted by Gasteiger charge is -2.24. The molecule has 3 heterocycles. The lowest BCUT2D eigenvalue weighted by atomic mass is 9.88. The first kappa shape index (κ1) is 24.7. The Labute approximate surface area is 288 Å².